The summed E-state index contributed by atoms with van der Waals surface area (Å²) in [5, 5.41) is 3.63. The number of benzene rings is 4. The van der Waals surface area contributed by atoms with Gasteiger partial charge in [-0.1, -0.05) is 103 Å². The summed E-state index contributed by atoms with van der Waals surface area (Å²) in [7, 11) is 0. The van der Waals surface area contributed by atoms with Gasteiger partial charge in [0.1, 0.15) is 6.61 Å². The highest BCUT2D eigenvalue weighted by atomic mass is 32.2. The third-order valence-electron chi connectivity index (χ3n) is 6.15. The fourth-order valence-electron chi connectivity index (χ4n) is 4.12. The minimum Gasteiger partial charge on any atom is -0.448 e. The molecule has 0 fully saturated rings. The number of thioether (sulfide) groups is 2. The van der Waals surface area contributed by atoms with Crippen LogP contribution in [0.5, 0.6) is 0 Å². The van der Waals surface area contributed by atoms with Gasteiger partial charge in [0, 0.05) is 33.2 Å². The second-order valence-corrected chi connectivity index (χ2v) is 10.9. The number of carbonyl (C=O) groups is 1. The Morgan fingerprint density at radius 2 is 1.49 bits per heavy atom. The number of aromatic nitrogens is 2. The summed E-state index contributed by atoms with van der Waals surface area (Å²) in [5.41, 5.74) is 7.41. The number of aromatic amines is 1. The summed E-state index contributed by atoms with van der Waals surface area (Å²) in [6.07, 6.45) is -0.438. The van der Waals surface area contributed by atoms with E-state index in [2.05, 4.69) is 59.7 Å². The van der Waals surface area contributed by atoms with E-state index < -0.39 is 6.09 Å². The van der Waals surface area contributed by atoms with E-state index in [9.17, 15) is 4.79 Å². The number of anilines is 1. The molecule has 39 heavy (non-hydrogen) atoms. The number of carbonyl (C=O) groups excluding carboxylic acids is 1. The molecular formula is C32H29N3O2S2. The van der Waals surface area contributed by atoms with Crippen molar-refractivity contribution in [3.8, 4) is 22.5 Å². The third kappa shape index (κ3) is 7.13. The maximum atomic E-state index is 12.0. The molecule has 7 heteroatoms. The number of ether oxygens (including phenoxy) is 1. The first-order valence-electron chi connectivity index (χ1n) is 12.7. The molecule has 5 nitrogen and oxygen atoms in total. The molecule has 0 saturated carbocycles. The maximum Gasteiger partial charge on any atom is 0.411 e. The molecule has 1 heterocycles. The highest BCUT2D eigenvalue weighted by Gasteiger charge is 2.15. The molecule has 0 bridgehead atoms. The molecule has 5 aromatic rings. The van der Waals surface area contributed by atoms with Crippen LogP contribution >= 0.6 is 23.5 Å². The molecule has 0 aliphatic heterocycles. The number of imidazole rings is 1. The standard InChI is InChI=1S/C32H29N3O2S2/c1-23-26(16-11-19-28(23)38-21-20-37-32(36)33-27-17-9-4-10-18-27)22-39-31-34-29(24-12-5-2-6-13-24)30(35-31)25-14-7-3-8-15-25/h2-19H,20-22H2,1H3,(H,33,36)(H,34,35). The van der Waals surface area contributed by atoms with E-state index >= 15 is 0 Å². The summed E-state index contributed by atoms with van der Waals surface area (Å²) >= 11 is 3.39. The van der Waals surface area contributed by atoms with E-state index in [1.165, 1.54) is 16.0 Å². The van der Waals surface area contributed by atoms with E-state index in [0.29, 0.717) is 12.4 Å². The molecule has 196 valence electrons. The van der Waals surface area contributed by atoms with E-state index in [4.69, 9.17) is 9.72 Å². The summed E-state index contributed by atoms with van der Waals surface area (Å²) in [5.74, 6) is 1.48. The number of nitrogens with one attached hydrogen (secondary N) is 2. The van der Waals surface area contributed by atoms with Gasteiger partial charge in [0.15, 0.2) is 5.16 Å². The highest BCUT2D eigenvalue weighted by molar-refractivity contribution is 7.99. The Hall–Kier alpha value is -3.94. The molecule has 0 atom stereocenters. The molecule has 0 spiro atoms. The lowest BCUT2D eigenvalue weighted by Gasteiger charge is -2.11. The van der Waals surface area contributed by atoms with Gasteiger partial charge in [-0.05, 0) is 36.2 Å². The number of H-pyrrole nitrogens is 1. The van der Waals surface area contributed by atoms with Crippen LogP contribution in [0.3, 0.4) is 0 Å². The van der Waals surface area contributed by atoms with Crippen molar-refractivity contribution in [1.82, 2.24) is 9.97 Å². The van der Waals surface area contributed by atoms with Crippen LogP contribution in [0.1, 0.15) is 11.1 Å². The van der Waals surface area contributed by atoms with Crippen molar-refractivity contribution in [2.24, 2.45) is 0 Å². The molecule has 0 saturated heterocycles. The number of rotatable bonds is 10. The smallest absolute Gasteiger partial charge is 0.411 e. The Morgan fingerprint density at radius 1 is 0.821 bits per heavy atom. The van der Waals surface area contributed by atoms with E-state index in [1.54, 1.807) is 23.5 Å². The largest absolute Gasteiger partial charge is 0.448 e. The number of hydrogen-bond donors (Lipinski definition) is 2. The SMILES string of the molecule is Cc1c(CSc2nc(-c3ccccc3)c(-c3ccccc3)[nH]2)cccc1SCCOC(=O)Nc1ccccc1. The molecule has 0 radical (unpaired) electrons. The lowest BCUT2D eigenvalue weighted by molar-refractivity contribution is 0.169. The zero-order chi connectivity index (χ0) is 26.9. The third-order valence-corrected chi connectivity index (χ3v) is 8.19. The van der Waals surface area contributed by atoms with Gasteiger partial charge in [-0.2, -0.15) is 0 Å². The topological polar surface area (TPSA) is 67.0 Å². The van der Waals surface area contributed by atoms with Crippen molar-refractivity contribution in [3.05, 3.63) is 120 Å². The second-order valence-electron chi connectivity index (χ2n) is 8.80. The molecule has 4 aromatic carbocycles. The predicted octanol–water partition coefficient (Wildman–Crippen LogP) is 8.69. The zero-order valence-electron chi connectivity index (χ0n) is 21.6. The predicted molar refractivity (Wildman–Crippen MR) is 162 cm³/mol. The molecule has 0 aliphatic carbocycles. The maximum absolute atomic E-state index is 12.0. The molecule has 2 N–H and O–H groups in total. The first-order chi connectivity index (χ1) is 19.2. The normalized spacial score (nSPS) is 10.8. The van der Waals surface area contributed by atoms with Crippen LogP contribution in [0.2, 0.25) is 0 Å². The van der Waals surface area contributed by atoms with Crippen LogP contribution in [0.25, 0.3) is 22.5 Å². The average Bonchev–Trinajstić information content (AvgIpc) is 3.41. The number of hydrogen-bond acceptors (Lipinski definition) is 5. The van der Waals surface area contributed by atoms with Gasteiger partial charge in [0.05, 0.1) is 11.4 Å². The summed E-state index contributed by atoms with van der Waals surface area (Å²) in [6.45, 7) is 2.48. The number of amides is 1. The van der Waals surface area contributed by atoms with Crippen LogP contribution in [-0.4, -0.2) is 28.4 Å². The van der Waals surface area contributed by atoms with Crippen molar-refractivity contribution in [1.29, 1.82) is 0 Å². The first-order valence-corrected chi connectivity index (χ1v) is 14.7. The van der Waals surface area contributed by atoms with Crippen LogP contribution in [0.15, 0.2) is 119 Å². The lowest BCUT2D eigenvalue weighted by atomic mass is 10.1. The van der Waals surface area contributed by atoms with Crippen molar-refractivity contribution in [3.63, 3.8) is 0 Å². The van der Waals surface area contributed by atoms with Gasteiger partial charge in [-0.15, -0.1) is 11.8 Å². The molecule has 0 unspecified atom stereocenters. The van der Waals surface area contributed by atoms with Crippen LogP contribution in [0.4, 0.5) is 10.5 Å². The van der Waals surface area contributed by atoms with Gasteiger partial charge >= 0.3 is 6.09 Å². The second kappa shape index (κ2) is 13.2. The fourth-order valence-corrected chi connectivity index (χ4v) is 5.96. The van der Waals surface area contributed by atoms with Gasteiger partial charge in [-0.25, -0.2) is 9.78 Å². The number of nitrogens with zero attached hydrogens (tertiary/aromatic N) is 1. The van der Waals surface area contributed by atoms with Crippen LogP contribution in [-0.2, 0) is 10.5 Å². The van der Waals surface area contributed by atoms with Gasteiger partial charge in [-0.3, -0.25) is 5.32 Å². The van der Waals surface area contributed by atoms with E-state index in [1.807, 2.05) is 66.7 Å². The summed E-state index contributed by atoms with van der Waals surface area (Å²) < 4.78 is 5.34. The average molecular weight is 552 g/mol. The minimum atomic E-state index is -0.438. The van der Waals surface area contributed by atoms with Crippen LogP contribution < -0.4 is 5.32 Å². The minimum absolute atomic E-state index is 0.332. The Kier molecular flexibility index (Phi) is 9.04. The van der Waals surface area contributed by atoms with Crippen LogP contribution in [0, 0.1) is 6.92 Å². The Balaban J connectivity index is 1.21. The summed E-state index contributed by atoms with van der Waals surface area (Å²) in [6, 6.07) is 36.3. The van der Waals surface area contributed by atoms with Crippen molar-refractivity contribution < 1.29 is 9.53 Å². The number of para-hydroxylation sites is 1. The zero-order valence-corrected chi connectivity index (χ0v) is 23.2. The molecule has 5 rings (SSSR count). The summed E-state index contributed by atoms with van der Waals surface area (Å²) in [4.78, 5) is 21.7. The Bertz CT molecular complexity index is 1450. The fraction of sp³-hybridized carbons (Fsp3) is 0.125. The van der Waals surface area contributed by atoms with Gasteiger partial charge in [0.25, 0.3) is 0 Å². The van der Waals surface area contributed by atoms with Gasteiger partial charge < -0.3 is 9.72 Å². The molecule has 1 amide bonds. The van der Waals surface area contributed by atoms with Crippen molar-refractivity contribution in [2.45, 2.75) is 22.7 Å². The lowest BCUT2D eigenvalue weighted by Crippen LogP contribution is -2.15. The van der Waals surface area contributed by atoms with Crippen molar-refractivity contribution in [2.75, 3.05) is 17.7 Å². The van der Waals surface area contributed by atoms with Gasteiger partial charge in [0.2, 0.25) is 0 Å². The highest BCUT2D eigenvalue weighted by Crippen LogP contribution is 2.34. The molecule has 0 aliphatic rings. The molecular weight excluding hydrogens is 523 g/mol. The van der Waals surface area contributed by atoms with Crippen molar-refractivity contribution >= 4 is 35.3 Å². The Morgan fingerprint density at radius 3 is 2.21 bits per heavy atom. The Labute approximate surface area is 237 Å². The monoisotopic (exact) mass is 551 g/mol. The molecule has 1 aromatic heterocycles. The van der Waals surface area contributed by atoms with E-state index in [-0.39, 0.29) is 0 Å². The quantitative estimate of drug-likeness (QED) is 0.134. The van der Waals surface area contributed by atoms with E-state index in [0.717, 1.165) is 39.1 Å². The first kappa shape index (κ1) is 26.7.